The van der Waals surface area contributed by atoms with Crippen molar-refractivity contribution in [1.82, 2.24) is 0 Å². The smallest absolute Gasteiger partial charge is 0.119 e. The Labute approximate surface area is 110 Å². The van der Waals surface area contributed by atoms with Crippen molar-refractivity contribution in [2.24, 2.45) is 5.92 Å². The Morgan fingerprint density at radius 1 is 1.22 bits per heavy atom. The lowest BCUT2D eigenvalue weighted by Gasteiger charge is -2.12. The van der Waals surface area contributed by atoms with E-state index >= 15 is 0 Å². The maximum atomic E-state index is 9.70. The molecule has 2 rings (SSSR count). The molecule has 0 heterocycles. The maximum Gasteiger partial charge on any atom is 0.119 e. The zero-order valence-electron chi connectivity index (χ0n) is 11.3. The van der Waals surface area contributed by atoms with Crippen LogP contribution < -0.4 is 4.74 Å². The van der Waals surface area contributed by atoms with Gasteiger partial charge in [-0.25, -0.2) is 0 Å². The molecule has 0 saturated heterocycles. The second-order valence-electron chi connectivity index (χ2n) is 5.28. The fourth-order valence-corrected chi connectivity index (χ4v) is 2.66. The van der Waals surface area contributed by atoms with E-state index in [2.05, 4.69) is 0 Å². The molecule has 1 aromatic rings. The van der Waals surface area contributed by atoms with Crippen molar-refractivity contribution >= 4 is 0 Å². The number of hydrogen-bond donors (Lipinski definition) is 1. The minimum atomic E-state index is -0.350. The first-order valence-electron chi connectivity index (χ1n) is 7.20. The predicted octanol–water partition coefficient (Wildman–Crippen LogP) is 4.09. The van der Waals surface area contributed by atoms with E-state index < -0.39 is 0 Å². The van der Waals surface area contributed by atoms with Crippen molar-refractivity contribution in [3.63, 3.8) is 0 Å². The number of ether oxygens (including phenoxy) is 1. The molecule has 0 spiro atoms. The summed E-state index contributed by atoms with van der Waals surface area (Å²) < 4.78 is 5.75. The molecule has 18 heavy (non-hydrogen) atoms. The largest absolute Gasteiger partial charge is 0.494 e. The van der Waals surface area contributed by atoms with Gasteiger partial charge in [-0.2, -0.15) is 0 Å². The highest BCUT2D eigenvalue weighted by molar-refractivity contribution is 5.28. The highest BCUT2D eigenvalue weighted by Gasteiger charge is 2.14. The van der Waals surface area contributed by atoms with Crippen LogP contribution in [-0.4, -0.2) is 11.7 Å². The second-order valence-corrected chi connectivity index (χ2v) is 5.28. The lowest BCUT2D eigenvalue weighted by atomic mass is 10.1. The van der Waals surface area contributed by atoms with Crippen molar-refractivity contribution in [3.8, 4) is 5.75 Å². The van der Waals surface area contributed by atoms with E-state index in [-0.39, 0.29) is 6.10 Å². The Kier molecular flexibility index (Phi) is 5.06. The third kappa shape index (κ3) is 3.74. The summed E-state index contributed by atoms with van der Waals surface area (Å²) >= 11 is 0. The summed E-state index contributed by atoms with van der Waals surface area (Å²) in [6.45, 7) is 2.80. The predicted molar refractivity (Wildman–Crippen MR) is 73.8 cm³/mol. The Balaban J connectivity index is 1.75. The van der Waals surface area contributed by atoms with E-state index in [4.69, 9.17) is 4.74 Å². The molecule has 100 valence electrons. The Hall–Kier alpha value is -1.02. The van der Waals surface area contributed by atoms with Crippen LogP contribution in [0.3, 0.4) is 0 Å². The molecule has 0 amide bonds. The molecular weight excluding hydrogens is 224 g/mol. The number of aliphatic hydroxyl groups is 1. The number of rotatable bonds is 6. The van der Waals surface area contributed by atoms with Gasteiger partial charge in [-0.1, -0.05) is 44.7 Å². The molecule has 2 nitrogen and oxygen atoms in total. The van der Waals surface area contributed by atoms with Gasteiger partial charge < -0.3 is 9.84 Å². The van der Waals surface area contributed by atoms with Gasteiger partial charge in [0.05, 0.1) is 12.7 Å². The van der Waals surface area contributed by atoms with Gasteiger partial charge in [0.15, 0.2) is 0 Å². The molecular formula is C16H24O2. The Morgan fingerprint density at radius 2 is 1.89 bits per heavy atom. The lowest BCUT2D eigenvalue weighted by molar-refractivity contribution is 0.173. The average Bonchev–Trinajstić information content (AvgIpc) is 2.92. The summed E-state index contributed by atoms with van der Waals surface area (Å²) in [5.41, 5.74) is 0.973. The number of benzene rings is 1. The van der Waals surface area contributed by atoms with Crippen molar-refractivity contribution in [2.75, 3.05) is 6.61 Å². The molecule has 1 aliphatic carbocycles. The van der Waals surface area contributed by atoms with Gasteiger partial charge in [0, 0.05) is 0 Å². The van der Waals surface area contributed by atoms with Crippen LogP contribution in [0.2, 0.25) is 0 Å². The fraction of sp³-hybridized carbons (Fsp3) is 0.625. The van der Waals surface area contributed by atoms with Gasteiger partial charge in [-0.05, 0) is 36.5 Å². The second kappa shape index (κ2) is 6.79. The maximum absolute atomic E-state index is 9.70. The van der Waals surface area contributed by atoms with Crippen LogP contribution in [0.4, 0.5) is 0 Å². The summed E-state index contributed by atoms with van der Waals surface area (Å²) in [5, 5.41) is 9.70. The van der Waals surface area contributed by atoms with Gasteiger partial charge in [-0.15, -0.1) is 0 Å². The van der Waals surface area contributed by atoms with E-state index in [9.17, 15) is 5.11 Å². The Morgan fingerprint density at radius 3 is 2.50 bits per heavy atom. The standard InChI is InChI=1S/C16H24O2/c1-2-16(17)14-7-9-15(10-8-14)18-12-11-13-5-3-4-6-13/h7-10,13,16-17H,2-6,11-12H2,1H3/t16-/m1/s1. The Bertz CT molecular complexity index is 339. The molecule has 0 unspecified atom stereocenters. The number of aliphatic hydroxyl groups excluding tert-OH is 1. The first-order valence-corrected chi connectivity index (χ1v) is 7.20. The van der Waals surface area contributed by atoms with Crippen LogP contribution >= 0.6 is 0 Å². The zero-order valence-corrected chi connectivity index (χ0v) is 11.3. The number of hydrogen-bond acceptors (Lipinski definition) is 2. The van der Waals surface area contributed by atoms with Crippen LogP contribution in [-0.2, 0) is 0 Å². The zero-order chi connectivity index (χ0) is 12.8. The van der Waals surface area contributed by atoms with Crippen LogP contribution in [0, 0.1) is 5.92 Å². The highest BCUT2D eigenvalue weighted by Crippen LogP contribution is 2.27. The molecule has 0 aromatic heterocycles. The van der Waals surface area contributed by atoms with Crippen molar-refractivity contribution in [2.45, 2.75) is 51.6 Å². The van der Waals surface area contributed by atoms with Gasteiger partial charge in [0.25, 0.3) is 0 Å². The first kappa shape index (κ1) is 13.4. The van der Waals surface area contributed by atoms with E-state index in [1.54, 1.807) is 0 Å². The van der Waals surface area contributed by atoms with E-state index in [0.29, 0.717) is 0 Å². The van der Waals surface area contributed by atoms with Crippen LogP contribution in [0.1, 0.15) is 57.1 Å². The normalized spacial score (nSPS) is 17.9. The minimum absolute atomic E-state index is 0.350. The summed E-state index contributed by atoms with van der Waals surface area (Å²) in [7, 11) is 0. The SMILES string of the molecule is CC[C@@H](O)c1ccc(OCCC2CCCC2)cc1. The summed E-state index contributed by atoms with van der Waals surface area (Å²) in [6, 6.07) is 7.84. The molecule has 1 aliphatic rings. The van der Waals surface area contributed by atoms with Gasteiger partial charge in [0.2, 0.25) is 0 Å². The fourth-order valence-electron chi connectivity index (χ4n) is 2.66. The molecule has 2 heteroatoms. The van der Waals surface area contributed by atoms with E-state index in [0.717, 1.165) is 30.3 Å². The minimum Gasteiger partial charge on any atom is -0.494 e. The molecule has 1 atom stereocenters. The topological polar surface area (TPSA) is 29.5 Å². The quantitative estimate of drug-likeness (QED) is 0.821. The first-order chi connectivity index (χ1) is 8.79. The third-order valence-corrected chi connectivity index (χ3v) is 3.92. The molecule has 1 N–H and O–H groups in total. The van der Waals surface area contributed by atoms with E-state index in [1.165, 1.54) is 32.1 Å². The van der Waals surface area contributed by atoms with Crippen molar-refractivity contribution in [3.05, 3.63) is 29.8 Å². The lowest BCUT2D eigenvalue weighted by Crippen LogP contribution is -2.04. The van der Waals surface area contributed by atoms with Gasteiger partial charge in [-0.3, -0.25) is 0 Å². The van der Waals surface area contributed by atoms with Crippen molar-refractivity contribution < 1.29 is 9.84 Å². The average molecular weight is 248 g/mol. The van der Waals surface area contributed by atoms with Gasteiger partial charge >= 0.3 is 0 Å². The monoisotopic (exact) mass is 248 g/mol. The van der Waals surface area contributed by atoms with Crippen LogP contribution in [0.5, 0.6) is 5.75 Å². The summed E-state index contributed by atoms with van der Waals surface area (Å²) in [6.07, 6.45) is 7.14. The molecule has 1 aromatic carbocycles. The van der Waals surface area contributed by atoms with Gasteiger partial charge in [0.1, 0.15) is 5.75 Å². The molecule has 0 radical (unpaired) electrons. The summed E-state index contributed by atoms with van der Waals surface area (Å²) in [4.78, 5) is 0. The summed E-state index contributed by atoms with van der Waals surface area (Å²) in [5.74, 6) is 1.80. The van der Waals surface area contributed by atoms with Crippen molar-refractivity contribution in [1.29, 1.82) is 0 Å². The molecule has 0 bridgehead atoms. The van der Waals surface area contributed by atoms with Crippen LogP contribution in [0.25, 0.3) is 0 Å². The highest BCUT2D eigenvalue weighted by atomic mass is 16.5. The van der Waals surface area contributed by atoms with E-state index in [1.807, 2.05) is 31.2 Å². The molecule has 1 saturated carbocycles. The third-order valence-electron chi connectivity index (χ3n) is 3.92. The molecule has 1 fully saturated rings. The molecule has 0 aliphatic heterocycles. The van der Waals surface area contributed by atoms with Crippen LogP contribution in [0.15, 0.2) is 24.3 Å².